The summed E-state index contributed by atoms with van der Waals surface area (Å²) < 4.78 is 0. The van der Waals surface area contributed by atoms with Gasteiger partial charge in [0, 0.05) is 40.7 Å². The molecule has 1 aromatic heterocycles. The lowest BCUT2D eigenvalue weighted by Gasteiger charge is -2.26. The summed E-state index contributed by atoms with van der Waals surface area (Å²) in [5, 5.41) is 4.31. The number of aromatic nitrogens is 1. The van der Waals surface area contributed by atoms with E-state index in [9.17, 15) is 4.79 Å². The van der Waals surface area contributed by atoms with Crippen LogP contribution in [0.25, 0.3) is 0 Å². The molecule has 1 aromatic carbocycles. The van der Waals surface area contributed by atoms with E-state index >= 15 is 0 Å². The van der Waals surface area contributed by atoms with Gasteiger partial charge in [0.1, 0.15) is 5.69 Å². The van der Waals surface area contributed by atoms with Crippen molar-refractivity contribution >= 4 is 40.5 Å². The molecule has 1 fully saturated rings. The molecule has 1 amide bonds. The maximum Gasteiger partial charge on any atom is 0.272 e. The van der Waals surface area contributed by atoms with Gasteiger partial charge < -0.3 is 10.2 Å². The molecule has 0 bridgehead atoms. The highest BCUT2D eigenvalue weighted by Crippen LogP contribution is 2.25. The van der Waals surface area contributed by atoms with E-state index in [1.54, 1.807) is 30.5 Å². The van der Waals surface area contributed by atoms with Crippen LogP contribution in [0.2, 0.25) is 10.0 Å². The number of likely N-dealkylation sites (tertiary alicyclic amines) is 1. The number of carbonyl (C=O) groups is 1. The monoisotopic (exact) mass is 349 g/mol. The Kier molecular flexibility index (Phi) is 5.03. The summed E-state index contributed by atoms with van der Waals surface area (Å²) in [6, 6.07) is 8.79. The largest absolute Gasteiger partial charge is 0.355 e. The van der Waals surface area contributed by atoms with Crippen molar-refractivity contribution in [2.75, 3.05) is 18.4 Å². The van der Waals surface area contributed by atoms with Gasteiger partial charge in [-0.25, -0.2) is 0 Å². The molecule has 0 atom stereocenters. The van der Waals surface area contributed by atoms with E-state index in [0.717, 1.165) is 37.3 Å². The van der Waals surface area contributed by atoms with Crippen LogP contribution >= 0.6 is 23.2 Å². The highest BCUT2D eigenvalue weighted by molar-refractivity contribution is 6.35. The number of nitrogens with one attached hydrogen (secondary N) is 1. The third-order valence-electron chi connectivity index (χ3n) is 3.77. The van der Waals surface area contributed by atoms with Crippen molar-refractivity contribution in [3.8, 4) is 0 Å². The van der Waals surface area contributed by atoms with Gasteiger partial charge in [-0.3, -0.25) is 9.78 Å². The van der Waals surface area contributed by atoms with E-state index in [-0.39, 0.29) is 5.91 Å². The van der Waals surface area contributed by atoms with Crippen LogP contribution in [-0.4, -0.2) is 28.9 Å². The number of carbonyl (C=O) groups excluding carboxylic acids is 1. The van der Waals surface area contributed by atoms with Gasteiger partial charge in [0.15, 0.2) is 0 Å². The molecule has 0 saturated carbocycles. The SMILES string of the molecule is O=C(c1cc(Nc2cc(Cl)cc(Cl)c2)ccn1)N1CCCCC1. The number of rotatable bonds is 3. The minimum absolute atomic E-state index is 0.0162. The van der Waals surface area contributed by atoms with Gasteiger partial charge >= 0.3 is 0 Å². The Hall–Kier alpha value is -1.78. The second kappa shape index (κ2) is 7.20. The second-order valence-electron chi connectivity index (χ2n) is 5.57. The quantitative estimate of drug-likeness (QED) is 0.868. The number of benzene rings is 1. The fraction of sp³-hybridized carbons (Fsp3) is 0.294. The molecule has 3 rings (SSSR count). The second-order valence-corrected chi connectivity index (χ2v) is 6.44. The van der Waals surface area contributed by atoms with E-state index in [1.807, 2.05) is 11.0 Å². The zero-order valence-corrected chi connectivity index (χ0v) is 14.1. The smallest absolute Gasteiger partial charge is 0.272 e. The van der Waals surface area contributed by atoms with E-state index < -0.39 is 0 Å². The van der Waals surface area contributed by atoms with Crippen molar-refractivity contribution in [3.63, 3.8) is 0 Å². The van der Waals surface area contributed by atoms with Crippen LogP contribution in [0, 0.1) is 0 Å². The zero-order chi connectivity index (χ0) is 16.2. The summed E-state index contributed by atoms with van der Waals surface area (Å²) in [4.78, 5) is 18.6. The third-order valence-corrected chi connectivity index (χ3v) is 4.21. The molecule has 4 nitrogen and oxygen atoms in total. The number of halogens is 2. The lowest BCUT2D eigenvalue weighted by molar-refractivity contribution is 0.0718. The first kappa shape index (κ1) is 16.1. The van der Waals surface area contributed by atoms with Crippen molar-refractivity contribution in [1.29, 1.82) is 0 Å². The predicted octanol–water partition coefficient (Wildman–Crippen LogP) is 4.76. The number of hydrogen-bond donors (Lipinski definition) is 1. The number of nitrogens with zero attached hydrogens (tertiary/aromatic N) is 2. The fourth-order valence-corrected chi connectivity index (χ4v) is 3.20. The summed E-state index contributed by atoms with van der Waals surface area (Å²) in [5.41, 5.74) is 1.99. The van der Waals surface area contributed by atoms with Gasteiger partial charge in [-0.05, 0) is 49.6 Å². The summed E-state index contributed by atoms with van der Waals surface area (Å²) in [5.74, 6) is -0.0162. The Balaban J connectivity index is 1.77. The van der Waals surface area contributed by atoms with E-state index in [0.29, 0.717) is 15.7 Å². The van der Waals surface area contributed by atoms with Gasteiger partial charge in [0.25, 0.3) is 5.91 Å². The minimum Gasteiger partial charge on any atom is -0.355 e. The Morgan fingerprint density at radius 3 is 2.39 bits per heavy atom. The van der Waals surface area contributed by atoms with Crippen molar-refractivity contribution < 1.29 is 4.79 Å². The van der Waals surface area contributed by atoms with E-state index in [1.165, 1.54) is 6.42 Å². The Labute approximate surface area is 145 Å². The third kappa shape index (κ3) is 4.15. The number of pyridine rings is 1. The lowest BCUT2D eigenvalue weighted by atomic mass is 10.1. The molecule has 120 valence electrons. The van der Waals surface area contributed by atoms with Gasteiger partial charge in [0.2, 0.25) is 0 Å². The first-order valence-corrected chi connectivity index (χ1v) is 8.36. The summed E-state index contributed by atoms with van der Waals surface area (Å²) in [6.07, 6.45) is 4.94. The van der Waals surface area contributed by atoms with Crippen LogP contribution < -0.4 is 5.32 Å². The Morgan fingerprint density at radius 2 is 1.70 bits per heavy atom. The molecule has 1 aliphatic rings. The molecule has 2 heterocycles. The average molecular weight is 350 g/mol. The van der Waals surface area contributed by atoms with Crippen LogP contribution in [0.4, 0.5) is 11.4 Å². The van der Waals surface area contributed by atoms with E-state index in [4.69, 9.17) is 23.2 Å². The number of amides is 1. The molecule has 0 aliphatic carbocycles. The van der Waals surface area contributed by atoms with E-state index in [2.05, 4.69) is 10.3 Å². The normalized spacial score (nSPS) is 14.6. The van der Waals surface area contributed by atoms with Crippen LogP contribution in [0.3, 0.4) is 0 Å². The highest BCUT2D eigenvalue weighted by Gasteiger charge is 2.19. The van der Waals surface area contributed by atoms with Gasteiger partial charge in [0.05, 0.1) is 0 Å². The van der Waals surface area contributed by atoms with Crippen molar-refractivity contribution in [2.24, 2.45) is 0 Å². The molecule has 2 aromatic rings. The lowest BCUT2D eigenvalue weighted by Crippen LogP contribution is -2.36. The summed E-state index contributed by atoms with van der Waals surface area (Å²) in [6.45, 7) is 1.62. The summed E-state index contributed by atoms with van der Waals surface area (Å²) in [7, 11) is 0. The highest BCUT2D eigenvalue weighted by atomic mass is 35.5. The van der Waals surface area contributed by atoms with Crippen LogP contribution in [0.15, 0.2) is 36.5 Å². The maximum absolute atomic E-state index is 12.5. The van der Waals surface area contributed by atoms with Gasteiger partial charge in [-0.2, -0.15) is 0 Å². The number of hydrogen-bond acceptors (Lipinski definition) is 3. The molecule has 6 heteroatoms. The number of anilines is 2. The van der Waals surface area contributed by atoms with Crippen molar-refractivity contribution in [1.82, 2.24) is 9.88 Å². The molecule has 0 unspecified atom stereocenters. The molecule has 1 aliphatic heterocycles. The topological polar surface area (TPSA) is 45.2 Å². The minimum atomic E-state index is -0.0162. The van der Waals surface area contributed by atoms with Crippen molar-refractivity contribution in [2.45, 2.75) is 19.3 Å². The Morgan fingerprint density at radius 1 is 1.00 bits per heavy atom. The predicted molar refractivity (Wildman–Crippen MR) is 93.7 cm³/mol. The van der Waals surface area contributed by atoms with Crippen LogP contribution in [0.1, 0.15) is 29.8 Å². The van der Waals surface area contributed by atoms with Gasteiger partial charge in [-0.1, -0.05) is 23.2 Å². The average Bonchev–Trinajstić information content (AvgIpc) is 2.54. The first-order chi connectivity index (χ1) is 11.1. The van der Waals surface area contributed by atoms with Crippen LogP contribution in [0.5, 0.6) is 0 Å². The van der Waals surface area contributed by atoms with Crippen LogP contribution in [-0.2, 0) is 0 Å². The zero-order valence-electron chi connectivity index (χ0n) is 12.6. The van der Waals surface area contributed by atoms with Crippen molar-refractivity contribution in [3.05, 3.63) is 52.3 Å². The molecular weight excluding hydrogens is 333 g/mol. The fourth-order valence-electron chi connectivity index (χ4n) is 2.68. The first-order valence-electron chi connectivity index (χ1n) is 7.60. The molecule has 1 saturated heterocycles. The molecule has 1 N–H and O–H groups in total. The maximum atomic E-state index is 12.5. The van der Waals surface area contributed by atoms with Gasteiger partial charge in [-0.15, -0.1) is 0 Å². The number of piperidine rings is 1. The summed E-state index contributed by atoms with van der Waals surface area (Å²) >= 11 is 12.0. The molecule has 0 spiro atoms. The standard InChI is InChI=1S/C17H17Cl2N3O/c18-12-8-13(19)10-15(9-12)21-14-4-5-20-16(11-14)17(23)22-6-2-1-3-7-22/h4-5,8-11H,1-3,6-7H2,(H,20,21). The Bertz CT molecular complexity index is 694. The molecule has 23 heavy (non-hydrogen) atoms. The molecule has 0 radical (unpaired) electrons. The molecular formula is C17H17Cl2N3O.